The van der Waals surface area contributed by atoms with Gasteiger partial charge in [-0.05, 0) is 102 Å². The molecule has 0 aliphatic carbocycles. The first-order valence-electron chi connectivity index (χ1n) is 18.6. The Morgan fingerprint density at radius 2 is 0.648 bits per heavy atom. The van der Waals surface area contributed by atoms with Crippen molar-refractivity contribution in [2.24, 2.45) is 0 Å². The molecule has 7 rings (SSSR count). The number of allylic oxidation sites excluding steroid dienone is 4. The molecule has 7 aromatic rings. The van der Waals surface area contributed by atoms with Crippen LogP contribution in [-0.2, 0) is 0 Å². The van der Waals surface area contributed by atoms with Gasteiger partial charge in [-0.1, -0.05) is 199 Å². The molecule has 0 bridgehead atoms. The lowest BCUT2D eigenvalue weighted by atomic mass is 9.96. The number of aryl methyl sites for hydroxylation is 3. The second-order valence-corrected chi connectivity index (χ2v) is 13.7. The second-order valence-electron chi connectivity index (χ2n) is 13.7. The Bertz CT molecular complexity index is 2330. The molecule has 0 atom stereocenters. The van der Waals surface area contributed by atoms with Gasteiger partial charge in [-0.3, -0.25) is 0 Å². The Labute approximate surface area is 321 Å². The number of hydrogen-bond donors (Lipinski definition) is 0. The van der Waals surface area contributed by atoms with Crippen molar-refractivity contribution in [1.29, 1.82) is 0 Å². The molecule has 0 amide bonds. The fraction of sp³-hybridized carbons (Fsp3) is 0.0566. The van der Waals surface area contributed by atoms with Crippen LogP contribution in [0.4, 0.5) is 17.1 Å². The van der Waals surface area contributed by atoms with Crippen LogP contribution in [0.2, 0.25) is 0 Å². The first-order chi connectivity index (χ1) is 26.5. The van der Waals surface area contributed by atoms with Crippen molar-refractivity contribution < 1.29 is 0 Å². The second kappa shape index (κ2) is 17.2. The Balaban J connectivity index is 1.13. The summed E-state index contributed by atoms with van der Waals surface area (Å²) in [6.07, 6.45) is 13.1. The molecule has 54 heavy (non-hydrogen) atoms. The predicted molar refractivity (Wildman–Crippen MR) is 233 cm³/mol. The van der Waals surface area contributed by atoms with Crippen LogP contribution in [0.3, 0.4) is 0 Å². The van der Waals surface area contributed by atoms with Gasteiger partial charge in [-0.2, -0.15) is 0 Å². The molecule has 0 spiro atoms. The van der Waals surface area contributed by atoms with E-state index in [1.165, 1.54) is 50.1 Å². The van der Waals surface area contributed by atoms with E-state index in [0.29, 0.717) is 0 Å². The van der Waals surface area contributed by atoms with Crippen molar-refractivity contribution >= 4 is 40.4 Å². The molecule has 0 saturated heterocycles. The molecule has 262 valence electrons. The molecule has 0 radical (unpaired) electrons. The van der Waals surface area contributed by atoms with Gasteiger partial charge >= 0.3 is 0 Å². The number of anilines is 3. The topological polar surface area (TPSA) is 3.24 Å². The van der Waals surface area contributed by atoms with E-state index >= 15 is 0 Å². The first kappa shape index (κ1) is 35.7. The van der Waals surface area contributed by atoms with Crippen LogP contribution < -0.4 is 4.90 Å². The highest BCUT2D eigenvalue weighted by Gasteiger charge is 2.12. The smallest absolute Gasteiger partial charge is 0.0462 e. The highest BCUT2D eigenvalue weighted by atomic mass is 15.1. The minimum Gasteiger partial charge on any atom is -0.311 e. The molecule has 0 aliphatic rings. The first-order valence-corrected chi connectivity index (χ1v) is 18.6. The summed E-state index contributed by atoms with van der Waals surface area (Å²) in [6, 6.07) is 65.0. The average molecular weight is 696 g/mol. The van der Waals surface area contributed by atoms with Crippen LogP contribution >= 0.6 is 0 Å². The summed E-state index contributed by atoms with van der Waals surface area (Å²) in [5.41, 5.74) is 16.6. The molecule has 0 heterocycles. The van der Waals surface area contributed by atoms with Gasteiger partial charge in [-0.25, -0.2) is 0 Å². The summed E-state index contributed by atoms with van der Waals surface area (Å²) in [4.78, 5) is 2.30. The fourth-order valence-electron chi connectivity index (χ4n) is 6.54. The van der Waals surface area contributed by atoms with Crippen LogP contribution in [0, 0.1) is 20.8 Å². The van der Waals surface area contributed by atoms with E-state index in [4.69, 9.17) is 0 Å². The number of rotatable bonds is 11. The molecule has 1 nitrogen and oxygen atoms in total. The van der Waals surface area contributed by atoms with Crippen LogP contribution in [0.15, 0.2) is 206 Å². The van der Waals surface area contributed by atoms with Gasteiger partial charge in [0.1, 0.15) is 0 Å². The van der Waals surface area contributed by atoms with Crippen molar-refractivity contribution in [2.45, 2.75) is 20.8 Å². The Morgan fingerprint density at radius 3 is 1.02 bits per heavy atom. The van der Waals surface area contributed by atoms with E-state index < -0.39 is 0 Å². The summed E-state index contributed by atoms with van der Waals surface area (Å²) in [7, 11) is 0. The number of hydrogen-bond acceptors (Lipinski definition) is 1. The van der Waals surface area contributed by atoms with Crippen molar-refractivity contribution in [3.63, 3.8) is 0 Å². The summed E-state index contributed by atoms with van der Waals surface area (Å²) in [5.74, 6) is 0. The van der Waals surface area contributed by atoms with E-state index in [9.17, 15) is 0 Å². The summed E-state index contributed by atoms with van der Waals surface area (Å²) in [6.45, 7) is 6.38. The maximum absolute atomic E-state index is 2.30. The zero-order valence-electron chi connectivity index (χ0n) is 31.2. The molecular weight excluding hydrogens is 651 g/mol. The number of nitrogens with zero attached hydrogens (tertiary/aromatic N) is 1. The van der Waals surface area contributed by atoms with Gasteiger partial charge in [0.15, 0.2) is 0 Å². The molecule has 0 unspecified atom stereocenters. The standard InChI is InChI=1S/C53H45N/c1-40-20-30-46(31-21-40)52(45-14-6-4-7-15-45)18-10-12-43-26-36-50(37-27-43)54(49-16-8-5-9-17-49)51-38-28-44(29-39-51)13-11-19-53(47-32-22-41(2)23-33-47)48-34-24-42(3)25-35-48/h4-39H,1-3H3. The lowest BCUT2D eigenvalue weighted by molar-refractivity contribution is 1.28. The van der Waals surface area contributed by atoms with Crippen LogP contribution in [0.5, 0.6) is 0 Å². The van der Waals surface area contributed by atoms with Crippen molar-refractivity contribution in [2.75, 3.05) is 4.90 Å². The minimum absolute atomic E-state index is 1.10. The van der Waals surface area contributed by atoms with Crippen molar-refractivity contribution in [3.05, 3.63) is 256 Å². The lowest BCUT2D eigenvalue weighted by Crippen LogP contribution is -2.09. The highest BCUT2D eigenvalue weighted by Crippen LogP contribution is 2.35. The molecular formula is C53H45N. The van der Waals surface area contributed by atoms with Crippen LogP contribution in [0.25, 0.3) is 23.3 Å². The summed E-state index contributed by atoms with van der Waals surface area (Å²) < 4.78 is 0. The van der Waals surface area contributed by atoms with Gasteiger partial charge in [0.25, 0.3) is 0 Å². The van der Waals surface area contributed by atoms with Crippen LogP contribution in [0.1, 0.15) is 50.1 Å². The van der Waals surface area contributed by atoms with Crippen molar-refractivity contribution in [1.82, 2.24) is 0 Å². The van der Waals surface area contributed by atoms with Crippen molar-refractivity contribution in [3.8, 4) is 0 Å². The maximum Gasteiger partial charge on any atom is 0.0462 e. The van der Waals surface area contributed by atoms with E-state index in [2.05, 4.69) is 244 Å². The zero-order valence-corrected chi connectivity index (χ0v) is 31.2. The fourth-order valence-corrected chi connectivity index (χ4v) is 6.54. The average Bonchev–Trinajstić information content (AvgIpc) is 3.21. The number of para-hydroxylation sites is 1. The Morgan fingerprint density at radius 1 is 0.333 bits per heavy atom. The highest BCUT2D eigenvalue weighted by molar-refractivity contribution is 5.83. The SMILES string of the molecule is Cc1ccc(C(=CC=Cc2ccc(N(c3ccccc3)c3ccc(C=CC=C(c4ccc(C)cc4)c4ccc(C)cc4)cc3)cc2)c2ccccc2)cc1. The third-order valence-electron chi connectivity index (χ3n) is 9.59. The largest absolute Gasteiger partial charge is 0.311 e. The molecule has 0 saturated carbocycles. The molecule has 7 aromatic carbocycles. The molecule has 0 N–H and O–H groups in total. The van der Waals surface area contributed by atoms with E-state index in [1.54, 1.807) is 0 Å². The third-order valence-corrected chi connectivity index (χ3v) is 9.59. The molecule has 0 aromatic heterocycles. The number of benzene rings is 7. The lowest BCUT2D eigenvalue weighted by Gasteiger charge is -2.25. The molecule has 0 aliphatic heterocycles. The van der Waals surface area contributed by atoms with E-state index in [0.717, 1.165) is 28.2 Å². The predicted octanol–water partition coefficient (Wildman–Crippen LogP) is 14.4. The van der Waals surface area contributed by atoms with E-state index in [-0.39, 0.29) is 0 Å². The molecule has 1 heteroatoms. The molecule has 0 fully saturated rings. The summed E-state index contributed by atoms with van der Waals surface area (Å²) >= 11 is 0. The third kappa shape index (κ3) is 9.02. The van der Waals surface area contributed by atoms with Gasteiger partial charge in [-0.15, -0.1) is 0 Å². The van der Waals surface area contributed by atoms with Gasteiger partial charge in [0.2, 0.25) is 0 Å². The quantitative estimate of drug-likeness (QED) is 0.122. The zero-order chi connectivity index (χ0) is 37.1. The maximum atomic E-state index is 2.30. The monoisotopic (exact) mass is 695 g/mol. The normalized spacial score (nSPS) is 11.6. The van der Waals surface area contributed by atoms with Gasteiger partial charge < -0.3 is 4.90 Å². The summed E-state index contributed by atoms with van der Waals surface area (Å²) in [5, 5.41) is 0. The van der Waals surface area contributed by atoms with Gasteiger partial charge in [0.05, 0.1) is 0 Å². The van der Waals surface area contributed by atoms with Gasteiger partial charge in [0, 0.05) is 17.1 Å². The minimum atomic E-state index is 1.10. The van der Waals surface area contributed by atoms with Crippen LogP contribution in [-0.4, -0.2) is 0 Å². The Kier molecular flexibility index (Phi) is 11.4. The van der Waals surface area contributed by atoms with E-state index in [1.807, 2.05) is 0 Å². The Hall–Kier alpha value is -6.70.